The molecule has 0 bridgehead atoms. The van der Waals surface area contributed by atoms with E-state index in [2.05, 4.69) is 316 Å². The van der Waals surface area contributed by atoms with Gasteiger partial charge in [-0.25, -0.2) is 44.9 Å². The van der Waals surface area contributed by atoms with Gasteiger partial charge < -0.3 is 9.15 Å². The van der Waals surface area contributed by atoms with Crippen molar-refractivity contribution in [3.8, 4) is 130 Å². The van der Waals surface area contributed by atoms with E-state index in [1.54, 1.807) is 0 Å². The van der Waals surface area contributed by atoms with E-state index in [0.717, 1.165) is 108 Å². The first-order valence-electron chi connectivity index (χ1n) is 41.4. The van der Waals surface area contributed by atoms with Gasteiger partial charge in [-0.2, -0.15) is 0 Å². The molecule has 0 spiro atoms. The first-order valence-corrected chi connectivity index (χ1v) is 42.2. The van der Waals surface area contributed by atoms with Crippen molar-refractivity contribution >= 4 is 91.3 Å². The summed E-state index contributed by atoms with van der Waals surface area (Å²) in [4.78, 5) is 44.5. The van der Waals surface area contributed by atoms with Crippen LogP contribution in [0.1, 0.15) is 30.1 Å². The number of nitrogens with zero attached hydrogens (tertiary/aromatic N) is 9. The fourth-order valence-electron chi connectivity index (χ4n) is 16.8. The van der Waals surface area contributed by atoms with Crippen LogP contribution in [0, 0.1) is 0 Å². The Morgan fingerprint density at radius 2 is 0.683 bits per heavy atom. The molecule has 16 aromatic carbocycles. The Kier molecular flexibility index (Phi) is 19.2. The van der Waals surface area contributed by atoms with Gasteiger partial charge in [0.15, 0.2) is 52.4 Å². The van der Waals surface area contributed by atoms with Gasteiger partial charge in [-0.1, -0.05) is 352 Å². The number of hydrogen-bond acceptors (Lipinski definition) is 12. The van der Waals surface area contributed by atoms with Crippen LogP contribution in [0.2, 0.25) is 0 Å². The summed E-state index contributed by atoms with van der Waals surface area (Å²) >= 11 is 1.81. The molecule has 0 fully saturated rings. The molecule has 123 heavy (non-hydrogen) atoms. The summed E-state index contributed by atoms with van der Waals surface area (Å²) in [5.41, 5.74) is 18.6. The number of aromatic nitrogens is 9. The van der Waals surface area contributed by atoms with Crippen molar-refractivity contribution in [2.45, 2.75) is 24.9 Å². The molecule has 2 aliphatic carbocycles. The molecular weight excluding hydrogens is 1520 g/mol. The van der Waals surface area contributed by atoms with E-state index in [1.807, 2.05) is 102 Å². The van der Waals surface area contributed by atoms with Crippen molar-refractivity contribution in [2.24, 2.45) is 0 Å². The van der Waals surface area contributed by atoms with E-state index >= 15 is 0 Å². The predicted molar refractivity (Wildman–Crippen MR) is 504 cm³/mol. The second-order valence-corrected chi connectivity index (χ2v) is 32.0. The lowest BCUT2D eigenvalue weighted by molar-refractivity contribution is 0.269. The van der Waals surface area contributed by atoms with Gasteiger partial charge in [0.2, 0.25) is 0 Å². The van der Waals surface area contributed by atoms with Crippen LogP contribution in [0.4, 0.5) is 0 Å². The largest absolute Gasteiger partial charge is 0.485 e. The van der Waals surface area contributed by atoms with Gasteiger partial charge in [-0.05, 0) is 139 Å². The van der Waals surface area contributed by atoms with Gasteiger partial charge >= 0.3 is 0 Å². The minimum Gasteiger partial charge on any atom is -0.485 e. The zero-order chi connectivity index (χ0) is 81.5. The maximum atomic E-state index is 6.28. The average molecular weight is 1600 g/mol. The number of furan rings is 1. The summed E-state index contributed by atoms with van der Waals surface area (Å²) in [6, 6.07) is 126. The van der Waals surface area contributed by atoms with E-state index in [9.17, 15) is 0 Å². The number of ether oxygens (including phenoxy) is 1. The van der Waals surface area contributed by atoms with Gasteiger partial charge in [0.1, 0.15) is 23.0 Å². The zero-order valence-electron chi connectivity index (χ0n) is 66.5. The van der Waals surface area contributed by atoms with Crippen molar-refractivity contribution in [2.75, 3.05) is 0 Å². The summed E-state index contributed by atoms with van der Waals surface area (Å²) < 4.78 is 15.0. The molecule has 5 aromatic heterocycles. The molecule has 2 atom stereocenters. The average Bonchev–Trinajstić information content (AvgIpc) is 1.69. The molecule has 0 amide bonds. The zero-order valence-corrected chi connectivity index (χ0v) is 67.3. The van der Waals surface area contributed by atoms with E-state index in [-0.39, 0.29) is 12.0 Å². The molecule has 24 rings (SSSR count). The SMILES string of the molecule is C1=CC2Oc3cc(-c4nc(-c5ccccc5)nc(-c5ccc(-c6ccc7ccccc7c6)cc5)n4)ccc3C2C=C1.C1=CCCC(c2nc(-c3ccc(-c4ccc5ccccc5c4)cc3)nc(-c3ccc4c(c3)sc3ccccc34)n2)=C1.c1ccc(-c2nc(-c3ccc(-c4cccc5ccccc45)cc3)nc(-c3ccc4c(c3)oc3ccccc34)n2)cc1. The van der Waals surface area contributed by atoms with Crippen LogP contribution in [-0.4, -0.2) is 51.0 Å². The number of thiophene rings is 1. The Morgan fingerprint density at radius 1 is 0.260 bits per heavy atom. The summed E-state index contributed by atoms with van der Waals surface area (Å²) in [6.45, 7) is 0. The molecule has 0 saturated carbocycles. The van der Waals surface area contributed by atoms with Gasteiger partial charge in [0, 0.05) is 86.9 Å². The lowest BCUT2D eigenvalue weighted by atomic mass is 9.91. The highest BCUT2D eigenvalue weighted by atomic mass is 32.1. The number of para-hydroxylation sites is 1. The van der Waals surface area contributed by atoms with Crippen molar-refractivity contribution < 1.29 is 9.15 Å². The third kappa shape index (κ3) is 14.8. The second kappa shape index (κ2) is 32.1. The Labute approximate surface area is 713 Å². The van der Waals surface area contributed by atoms with Crippen LogP contribution in [0.15, 0.2) is 411 Å². The monoisotopic (exact) mass is 1600 g/mol. The summed E-state index contributed by atoms with van der Waals surface area (Å²) in [6.07, 6.45) is 16.8. The number of benzene rings is 16. The first kappa shape index (κ1) is 73.5. The molecule has 2 unspecified atom stereocenters. The maximum Gasteiger partial charge on any atom is 0.164 e. The van der Waals surface area contributed by atoms with Crippen LogP contribution in [0.25, 0.3) is 204 Å². The molecule has 0 saturated heterocycles. The third-order valence-electron chi connectivity index (χ3n) is 23.2. The standard InChI is InChI=1S/C37H23N3O.C37H25N3O.C37H25N3S/c1-2-10-26(11-3-1)35-38-36(27-19-17-25(18-20-27)30-15-8-12-24-9-4-5-13-29(24)30)40-37(39-35)28-21-22-32-31-14-6-7-16-33(31)41-34(32)23-28;2*1-2-9-26(10-3-1)35-38-36(27-17-14-25(15-18-27)29-19-16-24-8-4-5-11-28(24)22-29)40-37(39-35)30-20-21-32-31-12-6-7-13-33(31)41-34(32)23-30/h1-23H;1-23,31,33H;1-2,4-9,11-23H,3,10H2. The summed E-state index contributed by atoms with van der Waals surface area (Å²) in [7, 11) is 0. The van der Waals surface area contributed by atoms with Gasteiger partial charge in [-0.3, -0.25) is 0 Å². The van der Waals surface area contributed by atoms with Crippen molar-refractivity contribution in [1.29, 1.82) is 0 Å². The predicted octanol–water partition coefficient (Wildman–Crippen LogP) is 28.4. The first-order chi connectivity index (χ1) is 60.9. The van der Waals surface area contributed by atoms with E-state index in [4.69, 9.17) is 54.0 Å². The van der Waals surface area contributed by atoms with Crippen LogP contribution in [-0.2, 0) is 0 Å². The fourth-order valence-corrected chi connectivity index (χ4v) is 18.0. The lowest BCUT2D eigenvalue weighted by Gasteiger charge is -2.13. The molecule has 1 aliphatic heterocycles. The molecule has 21 aromatic rings. The maximum absolute atomic E-state index is 6.28. The van der Waals surface area contributed by atoms with Crippen LogP contribution < -0.4 is 4.74 Å². The molecule has 6 heterocycles. The van der Waals surface area contributed by atoms with E-state index < -0.39 is 0 Å². The molecular formula is C111H73N9O2S. The second-order valence-electron chi connectivity index (χ2n) is 30.9. The smallest absolute Gasteiger partial charge is 0.164 e. The summed E-state index contributed by atoms with van der Waals surface area (Å²) in [5.74, 6) is 7.07. The molecule has 12 heteroatoms. The number of rotatable bonds is 12. The van der Waals surface area contributed by atoms with Crippen LogP contribution in [0.3, 0.4) is 0 Å². The Bertz CT molecular complexity index is 7790. The minimum atomic E-state index is 0.0418. The third-order valence-corrected chi connectivity index (χ3v) is 24.4. The normalized spacial score (nSPS) is 13.8. The van der Waals surface area contributed by atoms with Crippen LogP contribution >= 0.6 is 11.3 Å². The number of fused-ring (bicyclic) bond motifs is 12. The molecule has 0 radical (unpaired) electrons. The molecule has 0 N–H and O–H groups in total. The van der Waals surface area contributed by atoms with Crippen molar-refractivity contribution in [3.63, 3.8) is 0 Å². The highest BCUT2D eigenvalue weighted by molar-refractivity contribution is 7.25. The highest BCUT2D eigenvalue weighted by Crippen LogP contribution is 2.45. The Balaban J connectivity index is 0.000000110. The van der Waals surface area contributed by atoms with Gasteiger partial charge in [0.25, 0.3) is 0 Å². The van der Waals surface area contributed by atoms with Gasteiger partial charge in [-0.15, -0.1) is 11.3 Å². The van der Waals surface area contributed by atoms with E-state index in [1.165, 1.54) is 80.3 Å². The molecule has 580 valence electrons. The van der Waals surface area contributed by atoms with Crippen molar-refractivity contribution in [1.82, 2.24) is 44.9 Å². The van der Waals surface area contributed by atoms with Crippen LogP contribution in [0.5, 0.6) is 5.75 Å². The molecule has 3 aliphatic rings. The topological polar surface area (TPSA) is 138 Å². The number of hydrogen-bond donors (Lipinski definition) is 0. The lowest BCUT2D eigenvalue weighted by Crippen LogP contribution is -2.15. The quantitative estimate of drug-likeness (QED) is 0.116. The fraction of sp³-hybridized carbons (Fsp3) is 0.0360. The number of allylic oxidation sites excluding steroid dienone is 6. The highest BCUT2D eigenvalue weighted by Gasteiger charge is 2.33. The molecule has 11 nitrogen and oxygen atoms in total. The summed E-state index contributed by atoms with van der Waals surface area (Å²) in [5, 5.41) is 12.2. The van der Waals surface area contributed by atoms with Crippen molar-refractivity contribution in [3.05, 3.63) is 418 Å². The Morgan fingerprint density at radius 3 is 1.28 bits per heavy atom. The Hall–Kier alpha value is -15.9. The van der Waals surface area contributed by atoms with Gasteiger partial charge in [0.05, 0.1) is 0 Å². The van der Waals surface area contributed by atoms with E-state index in [0.29, 0.717) is 46.6 Å². The minimum absolute atomic E-state index is 0.0418.